The fraction of sp³-hybridized carbons (Fsp3) is 0.125. The summed E-state index contributed by atoms with van der Waals surface area (Å²) in [5.41, 5.74) is 3.86. The van der Waals surface area contributed by atoms with E-state index in [1.807, 2.05) is 43.3 Å². The van der Waals surface area contributed by atoms with E-state index in [9.17, 15) is 0 Å². The molecule has 0 heterocycles. The average molecular weight is 315 g/mol. The third-order valence-electron chi connectivity index (χ3n) is 2.60. The van der Waals surface area contributed by atoms with Gasteiger partial charge in [0.15, 0.2) is 5.11 Å². The van der Waals surface area contributed by atoms with Crippen molar-refractivity contribution in [1.29, 1.82) is 0 Å². The Bertz CT molecular complexity index is 612. The van der Waals surface area contributed by atoms with E-state index >= 15 is 0 Å². The molecule has 0 bridgehead atoms. The molecule has 108 valence electrons. The highest BCUT2D eigenvalue weighted by Gasteiger charge is 2.01. The van der Waals surface area contributed by atoms with Gasteiger partial charge in [0.05, 0.1) is 6.21 Å². The number of hydrogen-bond acceptors (Lipinski definition) is 3. The Kier molecular flexibility index (Phi) is 6.24. The maximum absolute atomic E-state index is 5.07. The van der Waals surface area contributed by atoms with Crippen LogP contribution in [0.1, 0.15) is 12.5 Å². The average Bonchev–Trinajstić information content (AvgIpc) is 2.50. The lowest BCUT2D eigenvalue weighted by Crippen LogP contribution is -2.31. The van der Waals surface area contributed by atoms with Gasteiger partial charge in [-0.05, 0) is 37.3 Å². The molecule has 0 aliphatic rings. The molecule has 0 fully saturated rings. The van der Waals surface area contributed by atoms with Crippen LogP contribution in [0, 0.1) is 0 Å². The van der Waals surface area contributed by atoms with Crippen molar-refractivity contribution < 1.29 is 0 Å². The van der Waals surface area contributed by atoms with Crippen LogP contribution in [0.2, 0.25) is 0 Å². The highest BCUT2D eigenvalue weighted by atomic mass is 32.2. The van der Waals surface area contributed by atoms with Crippen molar-refractivity contribution in [3.63, 3.8) is 0 Å². The summed E-state index contributed by atoms with van der Waals surface area (Å²) in [5.74, 6) is 0. The predicted octanol–water partition coefficient (Wildman–Crippen LogP) is 3.66. The Balaban J connectivity index is 2.06. The van der Waals surface area contributed by atoms with E-state index in [0.717, 1.165) is 17.0 Å². The number of rotatable bonds is 5. The molecule has 0 aromatic heterocycles. The second kappa shape index (κ2) is 8.44. The summed E-state index contributed by atoms with van der Waals surface area (Å²) >= 11 is 6.78. The molecule has 21 heavy (non-hydrogen) atoms. The zero-order chi connectivity index (χ0) is 14.9. The van der Waals surface area contributed by atoms with Gasteiger partial charge >= 0.3 is 0 Å². The largest absolute Gasteiger partial charge is 0.362 e. The molecule has 0 atom stereocenters. The Morgan fingerprint density at radius 1 is 1.14 bits per heavy atom. The fourth-order valence-corrected chi connectivity index (χ4v) is 2.79. The summed E-state index contributed by atoms with van der Waals surface area (Å²) in [7, 11) is 0. The second-order valence-corrected chi connectivity index (χ2v) is 5.71. The van der Waals surface area contributed by atoms with Crippen LogP contribution in [0.15, 0.2) is 69.5 Å². The zero-order valence-corrected chi connectivity index (χ0v) is 13.4. The first kappa shape index (κ1) is 15.5. The minimum atomic E-state index is 0.530. The second-order valence-electron chi connectivity index (χ2n) is 4.18. The SMILES string of the molecule is CCNC(=S)NN=Cc1ccccc1Sc1ccccc1. The Hall–Kier alpha value is -1.85. The lowest BCUT2D eigenvalue weighted by Gasteiger charge is -2.06. The normalized spacial score (nSPS) is 10.5. The van der Waals surface area contributed by atoms with Gasteiger partial charge in [0.2, 0.25) is 0 Å². The summed E-state index contributed by atoms with van der Waals surface area (Å²) in [6.45, 7) is 2.77. The number of nitrogens with zero attached hydrogens (tertiary/aromatic N) is 1. The standard InChI is InChI=1S/C16H17N3S2/c1-2-17-16(20)19-18-12-13-8-6-7-11-15(13)21-14-9-4-3-5-10-14/h3-12H,2H2,1H3,(H2,17,19,20). The third-order valence-corrected chi connectivity index (χ3v) is 3.93. The summed E-state index contributed by atoms with van der Waals surface area (Å²) in [6.07, 6.45) is 1.79. The van der Waals surface area contributed by atoms with Crippen LogP contribution in [0.5, 0.6) is 0 Å². The number of nitrogens with one attached hydrogen (secondary N) is 2. The molecule has 3 nitrogen and oxygen atoms in total. The van der Waals surface area contributed by atoms with Gasteiger partial charge in [-0.15, -0.1) is 0 Å². The Morgan fingerprint density at radius 2 is 1.86 bits per heavy atom. The van der Waals surface area contributed by atoms with Gasteiger partial charge in [-0.2, -0.15) is 5.10 Å². The maximum atomic E-state index is 5.07. The molecule has 0 amide bonds. The molecule has 0 saturated carbocycles. The molecule has 0 spiro atoms. The minimum absolute atomic E-state index is 0.530. The molecule has 2 N–H and O–H groups in total. The molecule has 0 aliphatic carbocycles. The van der Waals surface area contributed by atoms with Crippen LogP contribution in [0.25, 0.3) is 0 Å². The molecule has 0 radical (unpaired) electrons. The van der Waals surface area contributed by atoms with Crippen molar-refractivity contribution in [2.45, 2.75) is 16.7 Å². The fourth-order valence-electron chi connectivity index (χ4n) is 1.66. The summed E-state index contributed by atoms with van der Waals surface area (Å²) in [5, 5.41) is 7.69. The number of thiocarbonyl (C=S) groups is 1. The molecular formula is C16H17N3S2. The van der Waals surface area contributed by atoms with Gasteiger partial charge in [-0.1, -0.05) is 48.2 Å². The van der Waals surface area contributed by atoms with Crippen LogP contribution in [0.4, 0.5) is 0 Å². The number of hydrogen-bond donors (Lipinski definition) is 2. The van der Waals surface area contributed by atoms with Crippen molar-refractivity contribution in [3.05, 3.63) is 60.2 Å². The van der Waals surface area contributed by atoms with Crippen LogP contribution in [-0.2, 0) is 0 Å². The monoisotopic (exact) mass is 315 g/mol. The van der Waals surface area contributed by atoms with E-state index in [4.69, 9.17) is 12.2 Å². The van der Waals surface area contributed by atoms with E-state index in [0.29, 0.717) is 5.11 Å². The highest BCUT2D eigenvalue weighted by Crippen LogP contribution is 2.29. The summed E-state index contributed by atoms with van der Waals surface area (Å²) in [4.78, 5) is 2.36. The van der Waals surface area contributed by atoms with Gasteiger partial charge < -0.3 is 5.32 Å². The maximum Gasteiger partial charge on any atom is 0.186 e. The lowest BCUT2D eigenvalue weighted by atomic mass is 10.2. The molecule has 2 aromatic carbocycles. The lowest BCUT2D eigenvalue weighted by molar-refractivity contribution is 0.904. The van der Waals surface area contributed by atoms with Crippen molar-refractivity contribution in [2.75, 3.05) is 6.54 Å². The van der Waals surface area contributed by atoms with Gasteiger partial charge in [0.1, 0.15) is 0 Å². The first-order chi connectivity index (χ1) is 10.3. The van der Waals surface area contributed by atoms with Crippen molar-refractivity contribution in [2.24, 2.45) is 5.10 Å². The van der Waals surface area contributed by atoms with Gasteiger partial charge in [-0.3, -0.25) is 5.43 Å². The van der Waals surface area contributed by atoms with Crippen LogP contribution < -0.4 is 10.7 Å². The molecule has 0 saturated heterocycles. The van der Waals surface area contributed by atoms with Gasteiger partial charge in [0, 0.05) is 21.9 Å². The van der Waals surface area contributed by atoms with Crippen LogP contribution in [-0.4, -0.2) is 17.9 Å². The van der Waals surface area contributed by atoms with Crippen LogP contribution in [0.3, 0.4) is 0 Å². The quantitative estimate of drug-likeness (QED) is 0.501. The van der Waals surface area contributed by atoms with E-state index in [2.05, 4.69) is 34.0 Å². The summed E-state index contributed by atoms with van der Waals surface area (Å²) in [6, 6.07) is 18.4. The minimum Gasteiger partial charge on any atom is -0.362 e. The molecule has 2 rings (SSSR count). The van der Waals surface area contributed by atoms with E-state index in [-0.39, 0.29) is 0 Å². The summed E-state index contributed by atoms with van der Waals surface area (Å²) < 4.78 is 0. The van der Waals surface area contributed by atoms with Crippen molar-refractivity contribution >= 4 is 35.3 Å². The Morgan fingerprint density at radius 3 is 2.62 bits per heavy atom. The van der Waals surface area contributed by atoms with Crippen molar-refractivity contribution in [3.8, 4) is 0 Å². The molecule has 5 heteroatoms. The van der Waals surface area contributed by atoms with E-state index in [1.165, 1.54) is 4.90 Å². The molecule has 0 aliphatic heterocycles. The third kappa shape index (κ3) is 5.21. The van der Waals surface area contributed by atoms with Crippen molar-refractivity contribution in [1.82, 2.24) is 10.7 Å². The van der Waals surface area contributed by atoms with Gasteiger partial charge in [-0.25, -0.2) is 0 Å². The van der Waals surface area contributed by atoms with Gasteiger partial charge in [0.25, 0.3) is 0 Å². The first-order valence-electron chi connectivity index (χ1n) is 6.68. The smallest absolute Gasteiger partial charge is 0.186 e. The molecule has 0 unspecified atom stereocenters. The first-order valence-corrected chi connectivity index (χ1v) is 7.91. The van der Waals surface area contributed by atoms with E-state index in [1.54, 1.807) is 18.0 Å². The van der Waals surface area contributed by atoms with Crippen LogP contribution >= 0.6 is 24.0 Å². The van der Waals surface area contributed by atoms with E-state index < -0.39 is 0 Å². The highest BCUT2D eigenvalue weighted by molar-refractivity contribution is 7.99. The molecule has 2 aromatic rings. The number of benzene rings is 2. The predicted molar refractivity (Wildman–Crippen MR) is 94.0 cm³/mol. The zero-order valence-electron chi connectivity index (χ0n) is 11.7. The molecular weight excluding hydrogens is 298 g/mol. The topological polar surface area (TPSA) is 36.4 Å². The Labute approximate surface area is 134 Å². The number of hydrazone groups is 1.